The number of amides is 1. The summed E-state index contributed by atoms with van der Waals surface area (Å²) in [6.45, 7) is 4.71. The van der Waals surface area contributed by atoms with Gasteiger partial charge in [-0.3, -0.25) is 4.79 Å². The van der Waals surface area contributed by atoms with Crippen molar-refractivity contribution in [2.45, 2.75) is 38.7 Å². The summed E-state index contributed by atoms with van der Waals surface area (Å²) in [5.74, 6) is -0.153. The molecule has 0 saturated heterocycles. The van der Waals surface area contributed by atoms with Crippen molar-refractivity contribution in [1.29, 1.82) is 0 Å². The molecular formula is C15H24N2O2. The first-order valence-electron chi connectivity index (χ1n) is 6.84. The topological polar surface area (TPSA) is 75.3 Å². The lowest BCUT2D eigenvalue weighted by Crippen LogP contribution is -2.42. The molecule has 0 unspecified atom stereocenters. The lowest BCUT2D eigenvalue weighted by atomic mass is 9.97. The standard InChI is InChI=1S/C15H24N2O2/c1-3-15(19,4-2)11-17-14(18)13-7-5-12(6-8-13)9-10-16/h5-8,19H,3-4,9-11,16H2,1-2H3,(H,17,18). The molecule has 0 saturated carbocycles. The van der Waals surface area contributed by atoms with E-state index >= 15 is 0 Å². The summed E-state index contributed by atoms with van der Waals surface area (Å²) in [4.78, 5) is 11.9. The van der Waals surface area contributed by atoms with Crippen molar-refractivity contribution in [1.82, 2.24) is 5.32 Å². The maximum Gasteiger partial charge on any atom is 0.251 e. The van der Waals surface area contributed by atoms with Crippen molar-refractivity contribution in [2.24, 2.45) is 5.73 Å². The SMILES string of the molecule is CCC(O)(CC)CNC(=O)c1ccc(CCN)cc1. The minimum absolute atomic E-state index is 0.153. The Labute approximate surface area is 115 Å². The fraction of sp³-hybridized carbons (Fsp3) is 0.533. The number of hydrogen-bond acceptors (Lipinski definition) is 3. The van der Waals surface area contributed by atoms with E-state index in [-0.39, 0.29) is 12.5 Å². The fourth-order valence-corrected chi connectivity index (χ4v) is 1.84. The van der Waals surface area contributed by atoms with Gasteiger partial charge in [0.05, 0.1) is 5.60 Å². The van der Waals surface area contributed by atoms with Crippen molar-refractivity contribution < 1.29 is 9.90 Å². The predicted octanol–water partition coefficient (Wildman–Crippen LogP) is 1.47. The number of benzene rings is 1. The summed E-state index contributed by atoms with van der Waals surface area (Å²) < 4.78 is 0. The van der Waals surface area contributed by atoms with E-state index in [1.54, 1.807) is 12.1 Å². The zero-order valence-corrected chi connectivity index (χ0v) is 11.8. The second-order valence-corrected chi connectivity index (χ2v) is 4.85. The highest BCUT2D eigenvalue weighted by molar-refractivity contribution is 5.94. The van der Waals surface area contributed by atoms with Crippen LogP contribution in [0, 0.1) is 0 Å². The van der Waals surface area contributed by atoms with Gasteiger partial charge in [-0.1, -0.05) is 26.0 Å². The van der Waals surface area contributed by atoms with E-state index in [0.29, 0.717) is 24.9 Å². The molecule has 0 heterocycles. The normalized spacial score (nSPS) is 11.4. The number of nitrogens with two attached hydrogens (primary N) is 1. The Morgan fingerprint density at radius 3 is 2.32 bits per heavy atom. The Kier molecular flexibility index (Phi) is 5.99. The van der Waals surface area contributed by atoms with Crippen LogP contribution in [-0.2, 0) is 6.42 Å². The van der Waals surface area contributed by atoms with Crippen LogP contribution in [0.15, 0.2) is 24.3 Å². The van der Waals surface area contributed by atoms with Crippen molar-refractivity contribution in [3.8, 4) is 0 Å². The van der Waals surface area contributed by atoms with E-state index in [4.69, 9.17) is 5.73 Å². The molecule has 0 spiro atoms. The molecule has 0 bridgehead atoms. The molecule has 106 valence electrons. The van der Waals surface area contributed by atoms with E-state index in [1.807, 2.05) is 26.0 Å². The molecule has 1 aromatic rings. The lowest BCUT2D eigenvalue weighted by Gasteiger charge is -2.25. The Hall–Kier alpha value is -1.39. The quantitative estimate of drug-likeness (QED) is 0.698. The van der Waals surface area contributed by atoms with Crippen LogP contribution in [-0.4, -0.2) is 29.7 Å². The molecule has 4 heteroatoms. The van der Waals surface area contributed by atoms with Gasteiger partial charge in [0, 0.05) is 12.1 Å². The number of hydrogen-bond donors (Lipinski definition) is 3. The lowest BCUT2D eigenvalue weighted by molar-refractivity contribution is 0.0314. The van der Waals surface area contributed by atoms with Crippen LogP contribution in [0.3, 0.4) is 0 Å². The van der Waals surface area contributed by atoms with Crippen molar-refractivity contribution in [2.75, 3.05) is 13.1 Å². The summed E-state index contributed by atoms with van der Waals surface area (Å²) in [5, 5.41) is 12.9. The second-order valence-electron chi connectivity index (χ2n) is 4.85. The van der Waals surface area contributed by atoms with E-state index in [1.165, 1.54) is 0 Å². The Morgan fingerprint density at radius 1 is 1.26 bits per heavy atom. The number of carbonyl (C=O) groups excluding carboxylic acids is 1. The third-order valence-corrected chi connectivity index (χ3v) is 3.54. The number of rotatable bonds is 7. The molecule has 1 aromatic carbocycles. The first-order valence-corrected chi connectivity index (χ1v) is 6.84. The van der Waals surface area contributed by atoms with Crippen LogP contribution < -0.4 is 11.1 Å². The molecule has 4 N–H and O–H groups in total. The van der Waals surface area contributed by atoms with Crippen LogP contribution in [0.2, 0.25) is 0 Å². The number of aliphatic hydroxyl groups is 1. The highest BCUT2D eigenvalue weighted by atomic mass is 16.3. The predicted molar refractivity (Wildman–Crippen MR) is 77.1 cm³/mol. The van der Waals surface area contributed by atoms with Crippen LogP contribution in [0.25, 0.3) is 0 Å². The minimum atomic E-state index is -0.810. The molecule has 4 nitrogen and oxygen atoms in total. The molecule has 1 amide bonds. The van der Waals surface area contributed by atoms with Gasteiger partial charge in [-0.05, 0) is 43.5 Å². The van der Waals surface area contributed by atoms with E-state index in [2.05, 4.69) is 5.32 Å². The molecular weight excluding hydrogens is 240 g/mol. The fourth-order valence-electron chi connectivity index (χ4n) is 1.84. The van der Waals surface area contributed by atoms with Gasteiger partial charge in [0.2, 0.25) is 0 Å². The third-order valence-electron chi connectivity index (χ3n) is 3.54. The Balaban J connectivity index is 2.58. The van der Waals surface area contributed by atoms with E-state index in [0.717, 1.165) is 12.0 Å². The smallest absolute Gasteiger partial charge is 0.251 e. The van der Waals surface area contributed by atoms with Gasteiger partial charge in [-0.25, -0.2) is 0 Å². The van der Waals surface area contributed by atoms with Crippen LogP contribution in [0.1, 0.15) is 42.6 Å². The number of carbonyl (C=O) groups is 1. The molecule has 0 aromatic heterocycles. The van der Waals surface area contributed by atoms with E-state index < -0.39 is 5.60 Å². The number of nitrogens with one attached hydrogen (secondary N) is 1. The summed E-state index contributed by atoms with van der Waals surface area (Å²) >= 11 is 0. The van der Waals surface area contributed by atoms with Gasteiger partial charge >= 0.3 is 0 Å². The first kappa shape index (κ1) is 15.7. The van der Waals surface area contributed by atoms with Crippen LogP contribution in [0.5, 0.6) is 0 Å². The highest BCUT2D eigenvalue weighted by Crippen LogP contribution is 2.13. The Bertz CT molecular complexity index is 397. The zero-order valence-electron chi connectivity index (χ0n) is 11.8. The van der Waals surface area contributed by atoms with Crippen LogP contribution in [0.4, 0.5) is 0 Å². The summed E-state index contributed by atoms with van der Waals surface area (Å²) in [7, 11) is 0. The molecule has 0 atom stereocenters. The first-order chi connectivity index (χ1) is 9.04. The summed E-state index contributed by atoms with van der Waals surface area (Å²) in [5.41, 5.74) is 6.40. The average molecular weight is 264 g/mol. The minimum Gasteiger partial charge on any atom is -0.388 e. The molecule has 0 aliphatic carbocycles. The molecule has 0 aliphatic heterocycles. The largest absolute Gasteiger partial charge is 0.388 e. The molecule has 19 heavy (non-hydrogen) atoms. The van der Waals surface area contributed by atoms with Crippen molar-refractivity contribution in [3.05, 3.63) is 35.4 Å². The van der Waals surface area contributed by atoms with Gasteiger partial charge in [0.1, 0.15) is 0 Å². The van der Waals surface area contributed by atoms with E-state index in [9.17, 15) is 9.90 Å². The van der Waals surface area contributed by atoms with Gasteiger partial charge in [-0.2, -0.15) is 0 Å². The third kappa shape index (κ3) is 4.65. The monoisotopic (exact) mass is 264 g/mol. The molecule has 0 radical (unpaired) electrons. The molecule has 0 aliphatic rings. The second kappa shape index (κ2) is 7.26. The summed E-state index contributed by atoms with van der Waals surface area (Å²) in [6.07, 6.45) is 2.06. The van der Waals surface area contributed by atoms with Crippen LogP contribution >= 0.6 is 0 Å². The maximum absolute atomic E-state index is 11.9. The Morgan fingerprint density at radius 2 is 1.84 bits per heavy atom. The zero-order chi connectivity index (χ0) is 14.3. The van der Waals surface area contributed by atoms with Gasteiger partial charge in [0.15, 0.2) is 0 Å². The maximum atomic E-state index is 11.9. The van der Waals surface area contributed by atoms with Gasteiger partial charge in [-0.15, -0.1) is 0 Å². The average Bonchev–Trinajstić information content (AvgIpc) is 2.45. The molecule has 1 rings (SSSR count). The van der Waals surface area contributed by atoms with Crippen molar-refractivity contribution in [3.63, 3.8) is 0 Å². The summed E-state index contributed by atoms with van der Waals surface area (Å²) in [6, 6.07) is 7.40. The highest BCUT2D eigenvalue weighted by Gasteiger charge is 2.22. The van der Waals surface area contributed by atoms with Crippen molar-refractivity contribution >= 4 is 5.91 Å². The van der Waals surface area contributed by atoms with Gasteiger partial charge in [0.25, 0.3) is 5.91 Å². The van der Waals surface area contributed by atoms with Gasteiger partial charge < -0.3 is 16.2 Å². The molecule has 0 fully saturated rings.